The zero-order valence-corrected chi connectivity index (χ0v) is 28.5. The number of halogens is 1. The molecule has 0 unspecified atom stereocenters. The summed E-state index contributed by atoms with van der Waals surface area (Å²) in [4.78, 5) is 24.2. The third kappa shape index (κ3) is 6.71. The number of pyridine rings is 2. The number of hydrogen-bond acceptors (Lipinski definition) is 10. The fourth-order valence-electron chi connectivity index (χ4n) is 6.31. The number of carbonyl (C=O) groups is 1. The van der Waals surface area contributed by atoms with Gasteiger partial charge in [0, 0.05) is 47.7 Å². The van der Waals surface area contributed by atoms with E-state index >= 15 is 0 Å². The molecule has 1 amide bonds. The van der Waals surface area contributed by atoms with Crippen molar-refractivity contribution in [3.05, 3.63) is 70.7 Å². The maximum absolute atomic E-state index is 14.3. The van der Waals surface area contributed by atoms with Crippen molar-refractivity contribution in [1.82, 2.24) is 15.3 Å². The van der Waals surface area contributed by atoms with Crippen LogP contribution in [0.25, 0.3) is 10.9 Å². The first-order valence-corrected chi connectivity index (χ1v) is 16.1. The lowest BCUT2D eigenvalue weighted by molar-refractivity contribution is -0.0401. The highest BCUT2D eigenvalue weighted by Gasteiger charge is 2.56. The van der Waals surface area contributed by atoms with E-state index in [9.17, 15) is 19.7 Å². The average molecular weight is 655 g/mol. The van der Waals surface area contributed by atoms with Crippen LogP contribution in [0.4, 0.5) is 20.6 Å². The topological polar surface area (TPSA) is 162 Å². The Morgan fingerprint density at radius 2 is 1.90 bits per heavy atom. The highest BCUT2D eigenvalue weighted by Crippen LogP contribution is 2.57. The number of carbonyl (C=O) groups excluding carboxylic acids is 1. The molecule has 12 heteroatoms. The van der Waals surface area contributed by atoms with Gasteiger partial charge in [-0.1, -0.05) is 26.8 Å². The summed E-state index contributed by atoms with van der Waals surface area (Å²) < 4.78 is 25.4. The number of anilines is 2. The van der Waals surface area contributed by atoms with Gasteiger partial charge in [0.25, 0.3) is 0 Å². The zero-order chi connectivity index (χ0) is 35.0. The fourth-order valence-corrected chi connectivity index (χ4v) is 6.31. The zero-order valence-electron chi connectivity index (χ0n) is 28.5. The van der Waals surface area contributed by atoms with Gasteiger partial charge < -0.3 is 25.8 Å². The highest BCUT2D eigenvalue weighted by atomic mass is 19.1. The van der Waals surface area contributed by atoms with Gasteiger partial charge in [-0.3, -0.25) is 9.88 Å². The van der Waals surface area contributed by atoms with Crippen molar-refractivity contribution in [2.24, 2.45) is 17.1 Å². The van der Waals surface area contributed by atoms with Gasteiger partial charge >= 0.3 is 6.09 Å². The molecule has 6 rings (SSSR count). The van der Waals surface area contributed by atoms with E-state index in [2.05, 4.69) is 53.5 Å². The number of nitrogens with one attached hydrogen (secondary N) is 2. The number of methoxy groups -OCH3 is 1. The van der Waals surface area contributed by atoms with Crippen LogP contribution in [0, 0.1) is 46.9 Å². The van der Waals surface area contributed by atoms with Gasteiger partial charge in [0.15, 0.2) is 0 Å². The van der Waals surface area contributed by atoms with Gasteiger partial charge in [-0.15, -0.1) is 0 Å². The molecule has 48 heavy (non-hydrogen) atoms. The number of hydrogen-bond donors (Lipinski definition) is 3. The molecule has 3 saturated carbocycles. The predicted molar refractivity (Wildman–Crippen MR) is 181 cm³/mol. The Balaban J connectivity index is 1.75. The summed E-state index contributed by atoms with van der Waals surface area (Å²) in [5, 5.41) is 27.9. The molecule has 0 spiro atoms. The molecule has 0 aliphatic heterocycles. The minimum atomic E-state index is -1.03. The first kappa shape index (κ1) is 34.4. The van der Waals surface area contributed by atoms with E-state index in [-0.39, 0.29) is 46.1 Å². The van der Waals surface area contributed by atoms with Crippen molar-refractivity contribution in [3.8, 4) is 12.1 Å². The number of nitrogens with zero attached hydrogens (tertiary/aromatic N) is 5. The number of nitrogens with two attached hydrogens (primary N) is 1. The van der Waals surface area contributed by atoms with Crippen LogP contribution >= 0.6 is 0 Å². The lowest BCUT2D eigenvalue weighted by Crippen LogP contribution is -2.65. The largest absolute Gasteiger partial charge is 0.444 e. The van der Waals surface area contributed by atoms with Crippen molar-refractivity contribution in [3.63, 3.8) is 0 Å². The molecule has 0 saturated heterocycles. The maximum atomic E-state index is 14.3. The van der Waals surface area contributed by atoms with E-state index in [1.807, 2.05) is 6.92 Å². The maximum Gasteiger partial charge on any atom is 0.415 e. The predicted octanol–water partition coefficient (Wildman–Crippen LogP) is 6.33. The van der Waals surface area contributed by atoms with E-state index in [1.54, 1.807) is 38.2 Å². The van der Waals surface area contributed by atoms with Crippen LogP contribution in [0.3, 0.4) is 0 Å². The number of amides is 1. The highest BCUT2D eigenvalue weighted by molar-refractivity contribution is 6.01. The molecule has 1 aromatic carbocycles. The molecule has 252 valence electrons. The van der Waals surface area contributed by atoms with Gasteiger partial charge in [-0.25, -0.2) is 9.78 Å². The van der Waals surface area contributed by atoms with Gasteiger partial charge in [0.2, 0.25) is 5.95 Å². The molecule has 0 radical (unpaired) electrons. The van der Waals surface area contributed by atoms with Crippen LogP contribution in [0.5, 0.6) is 0 Å². The molecule has 3 atom stereocenters. The second kappa shape index (κ2) is 13.3. The van der Waals surface area contributed by atoms with Crippen LogP contribution in [-0.4, -0.2) is 47.5 Å². The van der Waals surface area contributed by atoms with Crippen molar-refractivity contribution < 1.29 is 18.7 Å². The Morgan fingerprint density at radius 3 is 2.46 bits per heavy atom. The molecule has 3 fully saturated rings. The Kier molecular flexibility index (Phi) is 9.52. The van der Waals surface area contributed by atoms with Crippen molar-refractivity contribution in [1.29, 1.82) is 10.5 Å². The molecular weight excluding hydrogens is 611 g/mol. The van der Waals surface area contributed by atoms with Crippen LogP contribution in [0.15, 0.2) is 42.4 Å². The minimum absolute atomic E-state index is 0.0190. The second-order valence-corrected chi connectivity index (χ2v) is 14.2. The molecule has 2 heterocycles. The lowest BCUT2D eigenvalue weighted by Gasteiger charge is -2.62. The Morgan fingerprint density at radius 1 is 1.21 bits per heavy atom. The summed E-state index contributed by atoms with van der Waals surface area (Å²) in [7, 11) is 1.51. The van der Waals surface area contributed by atoms with Crippen LogP contribution in [0.2, 0.25) is 0 Å². The van der Waals surface area contributed by atoms with E-state index in [0.717, 1.165) is 25.2 Å². The molecule has 2 aromatic heterocycles. The Labute approximate surface area is 280 Å². The average Bonchev–Trinajstić information content (AvgIpc) is 2.97. The van der Waals surface area contributed by atoms with E-state index < -0.39 is 24.2 Å². The molecule has 4 N–H and O–H groups in total. The number of aryl methyl sites for hydroxylation is 1. The second-order valence-electron chi connectivity index (χ2n) is 14.2. The Hall–Kier alpha value is -4.94. The van der Waals surface area contributed by atoms with Crippen molar-refractivity contribution in [2.75, 3.05) is 23.9 Å². The third-order valence-electron chi connectivity index (χ3n) is 9.58. The lowest BCUT2D eigenvalue weighted by atomic mass is 9.50. The molecule has 3 aliphatic carbocycles. The summed E-state index contributed by atoms with van der Waals surface area (Å²) in [5.74, 6) is 0.0431. The molecule has 3 aliphatic rings. The number of benzene rings is 1. The van der Waals surface area contributed by atoms with Gasteiger partial charge in [-0.05, 0) is 69.6 Å². The first-order valence-electron chi connectivity index (χ1n) is 16.1. The van der Waals surface area contributed by atoms with Crippen LogP contribution in [0.1, 0.15) is 82.3 Å². The number of ether oxygens (including phenoxy) is 2. The smallest absolute Gasteiger partial charge is 0.415 e. The molecule has 2 bridgehead atoms. The van der Waals surface area contributed by atoms with E-state index in [0.29, 0.717) is 27.8 Å². The first-order chi connectivity index (χ1) is 22.7. The number of aromatic nitrogens is 2. The van der Waals surface area contributed by atoms with Crippen molar-refractivity contribution >= 4 is 28.4 Å². The summed E-state index contributed by atoms with van der Waals surface area (Å²) in [5.41, 5.74) is 9.25. The molecule has 3 aromatic rings. The summed E-state index contributed by atoms with van der Waals surface area (Å²) in [6.07, 6.45) is 4.87. The summed E-state index contributed by atoms with van der Waals surface area (Å²) in [6, 6.07) is 9.31. The summed E-state index contributed by atoms with van der Waals surface area (Å²) in [6.45, 7) is 11.7. The minimum Gasteiger partial charge on any atom is -0.444 e. The SMILES string of the molecule is COC[C@@H](C)OC(=O)N(c1cc(C#N)c2ncc(C#N)c(N[C@H](C)C(C)(C)C)c2c1)[C@H](/C(N)=C/NC12CC(C1)C2)c1ccc(F)nc1C. The van der Waals surface area contributed by atoms with Gasteiger partial charge in [0.05, 0.1) is 40.3 Å². The van der Waals surface area contributed by atoms with Gasteiger partial charge in [0.1, 0.15) is 24.3 Å². The normalized spacial score (nSPS) is 20.3. The number of fused-ring (bicyclic) bond motifs is 1. The van der Waals surface area contributed by atoms with E-state index in [1.165, 1.54) is 24.3 Å². The molecular formula is C36H43FN8O3. The summed E-state index contributed by atoms with van der Waals surface area (Å²) >= 11 is 0. The van der Waals surface area contributed by atoms with E-state index in [4.69, 9.17) is 15.2 Å². The quantitative estimate of drug-likeness (QED) is 0.199. The third-order valence-corrected chi connectivity index (χ3v) is 9.58. The number of rotatable bonds is 11. The van der Waals surface area contributed by atoms with Crippen LogP contribution < -0.4 is 21.3 Å². The van der Waals surface area contributed by atoms with Gasteiger partial charge in [-0.2, -0.15) is 14.9 Å². The fraction of sp³-hybridized carbons (Fsp3) is 0.472. The van der Waals surface area contributed by atoms with Crippen molar-refractivity contribution in [2.45, 2.75) is 84.5 Å². The Bertz CT molecular complexity index is 1820. The monoisotopic (exact) mass is 654 g/mol. The standard InChI is InChI=1S/C36H43FN8O3/c1-20(19-47-7)48-34(46)45(33(27-8-9-30(37)43-21(27)2)29(40)18-42-36-12-23(13-36)14-36)26-10-24(15-38)31-28(11-26)32(25(16-39)17-41-31)44-22(3)35(4,5)6/h8-11,17-18,20,22-23,33,42H,12-14,19,40H2,1-7H3,(H,41,44)/b29-18-/t20-,22-,23?,33+,36?/m1/s1. The number of nitriles is 2. The van der Waals surface area contributed by atoms with Crippen LogP contribution in [-0.2, 0) is 9.47 Å². The molecule has 11 nitrogen and oxygen atoms in total.